The van der Waals surface area contributed by atoms with Crippen molar-refractivity contribution in [2.75, 3.05) is 5.73 Å². The van der Waals surface area contributed by atoms with E-state index in [9.17, 15) is 0 Å². The first-order valence-electron chi connectivity index (χ1n) is 5.14. The van der Waals surface area contributed by atoms with E-state index < -0.39 is 0 Å². The predicted octanol–water partition coefficient (Wildman–Crippen LogP) is 2.31. The average molecular weight is 226 g/mol. The zero-order valence-corrected chi connectivity index (χ0v) is 8.92. The number of anilines is 1. The molecule has 0 spiro atoms. The Morgan fingerprint density at radius 1 is 1.12 bits per heavy atom. The lowest BCUT2D eigenvalue weighted by atomic mass is 10.0. The summed E-state index contributed by atoms with van der Waals surface area (Å²) in [6, 6.07) is 7.77. The summed E-state index contributed by atoms with van der Waals surface area (Å²) in [4.78, 5) is 4.15. The maximum Gasteiger partial charge on any atom is 0.226 e. The van der Waals surface area contributed by atoms with E-state index in [2.05, 4.69) is 15.2 Å². The summed E-state index contributed by atoms with van der Waals surface area (Å²) >= 11 is 0. The molecule has 0 aliphatic rings. The molecule has 3 rings (SSSR count). The number of benzene rings is 1. The van der Waals surface area contributed by atoms with Crippen LogP contribution in [0.1, 0.15) is 0 Å². The lowest BCUT2D eigenvalue weighted by Gasteiger charge is -2.04. The number of hydrogen-bond donors (Lipinski definition) is 2. The largest absolute Gasteiger partial charge is 0.445 e. The van der Waals surface area contributed by atoms with Crippen LogP contribution in [-0.4, -0.2) is 15.2 Å². The zero-order valence-electron chi connectivity index (χ0n) is 8.92. The number of rotatable bonds is 2. The Balaban J connectivity index is 2.22. The number of nitrogens with one attached hydrogen (secondary N) is 1. The van der Waals surface area contributed by atoms with Crippen LogP contribution in [0.15, 0.2) is 47.3 Å². The van der Waals surface area contributed by atoms with Crippen LogP contribution in [-0.2, 0) is 0 Å². The van der Waals surface area contributed by atoms with Crippen molar-refractivity contribution in [3.63, 3.8) is 0 Å². The van der Waals surface area contributed by atoms with E-state index in [0.29, 0.717) is 11.7 Å². The molecule has 0 aliphatic carbocycles. The van der Waals surface area contributed by atoms with Crippen molar-refractivity contribution in [2.45, 2.75) is 0 Å². The summed E-state index contributed by atoms with van der Waals surface area (Å²) in [6.45, 7) is 0. The minimum atomic E-state index is 0.531. The summed E-state index contributed by atoms with van der Waals surface area (Å²) in [5.41, 5.74) is 8.51. The predicted molar refractivity (Wildman–Crippen MR) is 63.9 cm³/mol. The molecule has 0 saturated carbocycles. The van der Waals surface area contributed by atoms with Crippen LogP contribution >= 0.6 is 0 Å². The van der Waals surface area contributed by atoms with Gasteiger partial charge in [0.1, 0.15) is 12.1 Å². The molecule has 0 saturated heterocycles. The highest BCUT2D eigenvalue weighted by atomic mass is 16.3. The van der Waals surface area contributed by atoms with Crippen LogP contribution in [0.5, 0.6) is 0 Å². The van der Waals surface area contributed by atoms with Crippen LogP contribution in [0.3, 0.4) is 0 Å². The van der Waals surface area contributed by atoms with Gasteiger partial charge in [-0.1, -0.05) is 18.2 Å². The van der Waals surface area contributed by atoms with Crippen LogP contribution in [0, 0.1) is 0 Å². The van der Waals surface area contributed by atoms with E-state index in [1.807, 2.05) is 24.3 Å². The van der Waals surface area contributed by atoms with Gasteiger partial charge in [-0.2, -0.15) is 5.10 Å². The van der Waals surface area contributed by atoms with E-state index >= 15 is 0 Å². The highest BCUT2D eigenvalue weighted by Gasteiger charge is 2.13. The second-order valence-corrected chi connectivity index (χ2v) is 3.58. The molecule has 3 aromatic rings. The summed E-state index contributed by atoms with van der Waals surface area (Å²) in [6.07, 6.45) is 4.85. The summed E-state index contributed by atoms with van der Waals surface area (Å²) in [5, 5.41) is 6.64. The van der Waals surface area contributed by atoms with Gasteiger partial charge in [0.25, 0.3) is 0 Å². The second kappa shape index (κ2) is 3.79. The Morgan fingerprint density at radius 2 is 1.94 bits per heavy atom. The number of hydrogen-bond acceptors (Lipinski definition) is 4. The Bertz CT molecular complexity index is 628. The molecular formula is C12H10N4O. The van der Waals surface area contributed by atoms with Gasteiger partial charge in [-0.05, 0) is 11.6 Å². The number of nitrogens with two attached hydrogens (primary N) is 1. The second-order valence-electron chi connectivity index (χ2n) is 3.58. The number of nitrogens with zero attached hydrogens (tertiary/aromatic N) is 2. The Labute approximate surface area is 97.3 Å². The number of H-pyrrole nitrogens is 1. The molecule has 1 aromatic carbocycles. The summed E-state index contributed by atoms with van der Waals surface area (Å²) < 4.78 is 5.32. The number of aromatic amines is 1. The third kappa shape index (κ3) is 1.57. The van der Waals surface area contributed by atoms with Gasteiger partial charge >= 0.3 is 0 Å². The average Bonchev–Trinajstić information content (AvgIpc) is 3.00. The van der Waals surface area contributed by atoms with Gasteiger partial charge in [-0.3, -0.25) is 5.10 Å². The molecule has 0 unspecified atom stereocenters. The SMILES string of the molecule is Nc1[nH]ncc1-c1ccccc1-c1ncco1. The van der Waals surface area contributed by atoms with Crippen LogP contribution < -0.4 is 5.73 Å². The fourth-order valence-corrected chi connectivity index (χ4v) is 1.77. The van der Waals surface area contributed by atoms with E-state index in [4.69, 9.17) is 10.2 Å². The molecule has 0 atom stereocenters. The Kier molecular flexibility index (Phi) is 2.15. The molecule has 84 valence electrons. The minimum Gasteiger partial charge on any atom is -0.445 e. The molecule has 5 nitrogen and oxygen atoms in total. The first kappa shape index (κ1) is 9.65. The monoisotopic (exact) mass is 226 g/mol. The van der Waals surface area contributed by atoms with Gasteiger partial charge in [0.05, 0.1) is 12.4 Å². The lowest BCUT2D eigenvalue weighted by Crippen LogP contribution is -1.89. The lowest BCUT2D eigenvalue weighted by molar-refractivity contribution is 0.575. The van der Waals surface area contributed by atoms with Crippen molar-refractivity contribution in [2.24, 2.45) is 0 Å². The smallest absolute Gasteiger partial charge is 0.226 e. The molecule has 0 amide bonds. The van der Waals surface area contributed by atoms with Gasteiger partial charge in [-0.25, -0.2) is 4.98 Å². The van der Waals surface area contributed by atoms with Gasteiger partial charge in [0.15, 0.2) is 0 Å². The molecule has 5 heteroatoms. The number of oxazole rings is 1. The highest BCUT2D eigenvalue weighted by molar-refractivity contribution is 5.84. The Hall–Kier alpha value is -2.56. The fraction of sp³-hybridized carbons (Fsp3) is 0. The molecule has 0 bridgehead atoms. The van der Waals surface area contributed by atoms with Crippen molar-refractivity contribution >= 4 is 5.82 Å². The molecule has 2 heterocycles. The minimum absolute atomic E-state index is 0.531. The fourth-order valence-electron chi connectivity index (χ4n) is 1.77. The third-order valence-corrected chi connectivity index (χ3v) is 2.55. The molecule has 17 heavy (non-hydrogen) atoms. The van der Waals surface area contributed by atoms with Crippen LogP contribution in [0.2, 0.25) is 0 Å². The quantitative estimate of drug-likeness (QED) is 0.702. The van der Waals surface area contributed by atoms with Crippen molar-refractivity contribution < 1.29 is 4.42 Å². The van der Waals surface area contributed by atoms with Gasteiger partial charge in [0.2, 0.25) is 5.89 Å². The molecule has 0 aliphatic heterocycles. The highest BCUT2D eigenvalue weighted by Crippen LogP contribution is 2.32. The first-order chi connectivity index (χ1) is 8.36. The van der Waals surface area contributed by atoms with Crippen molar-refractivity contribution in [1.82, 2.24) is 15.2 Å². The third-order valence-electron chi connectivity index (χ3n) is 2.55. The van der Waals surface area contributed by atoms with Crippen molar-refractivity contribution in [1.29, 1.82) is 0 Å². The van der Waals surface area contributed by atoms with Crippen molar-refractivity contribution in [3.8, 4) is 22.6 Å². The van der Waals surface area contributed by atoms with E-state index in [1.54, 1.807) is 18.7 Å². The van der Waals surface area contributed by atoms with Crippen molar-refractivity contribution in [3.05, 3.63) is 42.9 Å². The van der Waals surface area contributed by atoms with E-state index in [1.165, 1.54) is 0 Å². The van der Waals surface area contributed by atoms with Crippen LogP contribution in [0.4, 0.5) is 5.82 Å². The molecule has 0 fully saturated rings. The summed E-state index contributed by atoms with van der Waals surface area (Å²) in [5.74, 6) is 1.10. The van der Waals surface area contributed by atoms with Gasteiger partial charge < -0.3 is 10.2 Å². The van der Waals surface area contributed by atoms with E-state index in [0.717, 1.165) is 16.7 Å². The molecule has 0 radical (unpaired) electrons. The van der Waals surface area contributed by atoms with Gasteiger partial charge in [-0.15, -0.1) is 0 Å². The first-order valence-corrected chi connectivity index (χ1v) is 5.14. The normalized spacial score (nSPS) is 10.6. The summed E-state index contributed by atoms with van der Waals surface area (Å²) in [7, 11) is 0. The number of nitrogen functional groups attached to an aromatic ring is 1. The van der Waals surface area contributed by atoms with Gasteiger partial charge in [0, 0.05) is 11.1 Å². The molecule has 3 N–H and O–H groups in total. The number of aromatic nitrogens is 3. The maximum atomic E-state index is 5.83. The molecule has 2 aromatic heterocycles. The van der Waals surface area contributed by atoms with E-state index in [-0.39, 0.29) is 0 Å². The zero-order chi connectivity index (χ0) is 11.7. The maximum absolute atomic E-state index is 5.83. The Morgan fingerprint density at radius 3 is 2.59 bits per heavy atom. The molecular weight excluding hydrogens is 216 g/mol. The topological polar surface area (TPSA) is 80.7 Å². The van der Waals surface area contributed by atoms with Crippen LogP contribution in [0.25, 0.3) is 22.6 Å². The standard InChI is InChI=1S/C12H10N4O/c13-11-10(7-15-16-11)8-3-1-2-4-9(8)12-14-5-6-17-12/h1-7H,(H3,13,15,16).